The minimum absolute atomic E-state index is 0.0457. The van der Waals surface area contributed by atoms with Crippen molar-refractivity contribution in [2.75, 3.05) is 19.6 Å². The molecular formula is C35H38N6O14S. The van der Waals surface area contributed by atoms with Gasteiger partial charge in [-0.15, -0.1) is 0 Å². The average molecular weight is 799 g/mol. The van der Waals surface area contributed by atoms with Crippen LogP contribution in [0.5, 0.6) is 11.5 Å². The third kappa shape index (κ3) is 6.88. The first-order valence-electron chi connectivity index (χ1n) is 17.1. The number of fused-ring (bicyclic) bond motifs is 1. The van der Waals surface area contributed by atoms with Crippen molar-refractivity contribution >= 4 is 63.8 Å². The number of piperazine rings is 1. The lowest BCUT2D eigenvalue weighted by Gasteiger charge is -2.49. The van der Waals surface area contributed by atoms with E-state index in [1.165, 1.54) is 4.90 Å². The van der Waals surface area contributed by atoms with Gasteiger partial charge in [-0.25, -0.2) is 18.0 Å². The van der Waals surface area contributed by atoms with E-state index in [-0.39, 0.29) is 37.4 Å². The van der Waals surface area contributed by atoms with E-state index in [4.69, 9.17) is 14.2 Å². The summed E-state index contributed by atoms with van der Waals surface area (Å²) in [6.07, 6.45) is 0.104. The molecule has 298 valence electrons. The number of sulfone groups is 1. The number of rotatable bonds is 12. The lowest BCUT2D eigenvalue weighted by Crippen LogP contribution is -2.80. The van der Waals surface area contributed by atoms with Gasteiger partial charge >= 0.3 is 35.8 Å². The molecule has 0 aliphatic carbocycles. The Balaban J connectivity index is 1.63. The van der Waals surface area contributed by atoms with Crippen LogP contribution in [0.3, 0.4) is 0 Å². The van der Waals surface area contributed by atoms with E-state index >= 15 is 0 Å². The van der Waals surface area contributed by atoms with Crippen LogP contribution in [0.4, 0.5) is 4.79 Å². The minimum atomic E-state index is -4.66. The van der Waals surface area contributed by atoms with Gasteiger partial charge in [-0.05, 0) is 44.0 Å². The van der Waals surface area contributed by atoms with E-state index in [2.05, 4.69) is 16.0 Å². The van der Waals surface area contributed by atoms with E-state index in [1.54, 1.807) is 37.3 Å². The summed E-state index contributed by atoms with van der Waals surface area (Å²) in [7, 11) is -4.66. The van der Waals surface area contributed by atoms with Gasteiger partial charge in [-0.2, -0.15) is 0 Å². The lowest BCUT2D eigenvalue weighted by atomic mass is 9.87. The van der Waals surface area contributed by atoms with Crippen molar-refractivity contribution in [1.29, 1.82) is 0 Å². The van der Waals surface area contributed by atoms with E-state index in [1.807, 2.05) is 0 Å². The summed E-state index contributed by atoms with van der Waals surface area (Å²) >= 11 is 0. The van der Waals surface area contributed by atoms with Gasteiger partial charge in [0, 0.05) is 33.5 Å². The van der Waals surface area contributed by atoms with Crippen LogP contribution in [-0.2, 0) is 59.5 Å². The summed E-state index contributed by atoms with van der Waals surface area (Å²) in [4.78, 5) is 120. The van der Waals surface area contributed by atoms with Crippen LogP contribution in [0.1, 0.15) is 51.8 Å². The molecule has 1 unspecified atom stereocenters. The summed E-state index contributed by atoms with van der Waals surface area (Å²) in [5.41, 5.74) is -2.66. The number of esters is 3. The Morgan fingerprint density at radius 3 is 2.18 bits per heavy atom. The Labute approximate surface area is 319 Å². The topological polar surface area (TPSA) is 261 Å². The molecule has 3 N–H and O–H groups in total. The molecule has 3 fully saturated rings. The van der Waals surface area contributed by atoms with Crippen molar-refractivity contribution in [2.45, 2.75) is 69.1 Å². The highest BCUT2D eigenvalue weighted by atomic mass is 32.2. The quantitative estimate of drug-likeness (QED) is 0.0767. The first-order chi connectivity index (χ1) is 26.3. The molecule has 0 bridgehead atoms. The Kier molecular flexibility index (Phi) is 11.2. The first kappa shape index (κ1) is 40.8. The van der Waals surface area contributed by atoms with Gasteiger partial charge in [0.25, 0.3) is 5.91 Å². The second kappa shape index (κ2) is 15.4. The SMILES string of the molecule is CCN1CCN(C(=O)NC(C(=O)N[C@@]2(C(=O)OCc3ccccc3)N3C(=O)[C@@H](NC=O)[C@H]3S(=O)(=O)C2(C)C)c2ccc(OC(C)=O)c(OC(C)=O)c2)C(=O)C1=O. The van der Waals surface area contributed by atoms with Crippen molar-refractivity contribution in [3.63, 3.8) is 0 Å². The van der Waals surface area contributed by atoms with Crippen LogP contribution in [0, 0.1) is 0 Å². The van der Waals surface area contributed by atoms with Crippen molar-refractivity contribution in [3.05, 3.63) is 59.7 Å². The number of amides is 7. The Hall–Kier alpha value is -6.38. The van der Waals surface area contributed by atoms with Gasteiger partial charge in [-0.1, -0.05) is 36.4 Å². The van der Waals surface area contributed by atoms with Crippen LogP contribution in [0.2, 0.25) is 0 Å². The van der Waals surface area contributed by atoms with Crippen LogP contribution in [-0.4, -0.2) is 119 Å². The van der Waals surface area contributed by atoms with Crippen LogP contribution in [0.15, 0.2) is 48.5 Å². The molecule has 0 spiro atoms. The number of nitrogens with zero attached hydrogens (tertiary/aromatic N) is 3. The van der Waals surface area contributed by atoms with Crippen molar-refractivity contribution in [3.8, 4) is 11.5 Å². The molecule has 3 heterocycles. The molecule has 5 rings (SSSR count). The number of nitrogens with one attached hydrogen (secondary N) is 3. The molecule has 3 aliphatic rings. The number of benzene rings is 2. The zero-order valence-electron chi connectivity index (χ0n) is 30.7. The maximum absolute atomic E-state index is 14.7. The zero-order valence-corrected chi connectivity index (χ0v) is 31.5. The van der Waals surface area contributed by atoms with E-state index in [9.17, 15) is 51.6 Å². The van der Waals surface area contributed by atoms with E-state index in [0.717, 1.165) is 45.9 Å². The summed E-state index contributed by atoms with van der Waals surface area (Å²) in [6, 6.07) is 6.49. The number of carbonyl (C=O) groups is 9. The monoisotopic (exact) mass is 798 g/mol. The largest absolute Gasteiger partial charge is 0.458 e. The molecule has 0 radical (unpaired) electrons. The Morgan fingerprint density at radius 2 is 1.57 bits per heavy atom. The molecule has 7 amide bonds. The van der Waals surface area contributed by atoms with Gasteiger partial charge < -0.3 is 35.1 Å². The number of likely N-dealkylation sites (N-methyl/N-ethyl adjacent to an activating group) is 1. The van der Waals surface area contributed by atoms with Crippen LogP contribution < -0.4 is 25.4 Å². The third-order valence-corrected chi connectivity index (χ3v) is 12.5. The van der Waals surface area contributed by atoms with Crippen LogP contribution >= 0.6 is 0 Å². The van der Waals surface area contributed by atoms with Gasteiger partial charge in [0.05, 0.1) is 0 Å². The second-order valence-electron chi connectivity index (χ2n) is 13.3. The molecular weight excluding hydrogens is 760 g/mol. The second-order valence-corrected chi connectivity index (χ2v) is 15.9. The number of β-lactam (4-membered cyclic amide) rings is 1. The van der Waals surface area contributed by atoms with E-state index < -0.39 is 97.6 Å². The van der Waals surface area contributed by atoms with Crippen molar-refractivity contribution in [2.24, 2.45) is 0 Å². The summed E-state index contributed by atoms with van der Waals surface area (Å²) < 4.78 is 41.8. The molecule has 21 heteroatoms. The molecule has 2 aromatic rings. The van der Waals surface area contributed by atoms with Gasteiger partial charge in [0.15, 0.2) is 26.7 Å². The fraction of sp³-hybridized carbons (Fsp3) is 0.400. The molecule has 0 aromatic heterocycles. The number of hydrogen-bond donors (Lipinski definition) is 3. The fourth-order valence-corrected chi connectivity index (χ4v) is 9.04. The molecule has 4 atom stereocenters. The average Bonchev–Trinajstić information content (AvgIpc) is 3.26. The maximum atomic E-state index is 14.7. The third-order valence-electron chi connectivity index (χ3n) is 9.64. The molecule has 20 nitrogen and oxygen atoms in total. The number of imide groups is 1. The zero-order chi connectivity index (χ0) is 41.3. The minimum Gasteiger partial charge on any atom is -0.458 e. The normalized spacial score (nSPS) is 22.5. The summed E-state index contributed by atoms with van der Waals surface area (Å²) in [6.45, 7) is 5.22. The lowest BCUT2D eigenvalue weighted by molar-refractivity contribution is -0.181. The fourth-order valence-electron chi connectivity index (χ4n) is 6.70. The molecule has 3 aliphatic heterocycles. The van der Waals surface area contributed by atoms with Crippen molar-refractivity contribution < 1.29 is 65.8 Å². The van der Waals surface area contributed by atoms with Gasteiger partial charge in [0.1, 0.15) is 23.4 Å². The predicted octanol–water partition coefficient (Wildman–Crippen LogP) is -0.976. The highest BCUT2D eigenvalue weighted by Crippen LogP contribution is 2.52. The molecule has 2 aromatic carbocycles. The molecule has 3 saturated heterocycles. The number of urea groups is 1. The molecule has 56 heavy (non-hydrogen) atoms. The number of ether oxygens (including phenoxy) is 3. The standard InChI is InChI=1S/C35H38N6O14S/c1-6-39-14-15-40(30(48)29(39)47)33(50)37-25(22-12-13-23(54-19(2)43)24(16-22)55-20(3)44)27(45)38-35(32(49)53-17-21-10-8-7-9-11-21)34(4,5)56(51,52)31-26(36-18-42)28(46)41(31)35/h7-13,16,18,25-26,31H,6,14-15,17H2,1-5H3,(H,36,42)(H,37,50)(H,38,45)/t25?,26-,31-,35+/m1/s1. The van der Waals surface area contributed by atoms with Gasteiger partial charge in [-0.3, -0.25) is 43.4 Å². The first-order valence-corrected chi connectivity index (χ1v) is 18.6. The Bertz CT molecular complexity index is 2130. The molecule has 0 saturated carbocycles. The van der Waals surface area contributed by atoms with Gasteiger partial charge in [0.2, 0.25) is 18.0 Å². The van der Waals surface area contributed by atoms with Crippen LogP contribution in [0.25, 0.3) is 0 Å². The Morgan fingerprint density at radius 1 is 0.929 bits per heavy atom. The summed E-state index contributed by atoms with van der Waals surface area (Å²) in [5.74, 6) is -8.49. The predicted molar refractivity (Wildman–Crippen MR) is 188 cm³/mol. The highest BCUT2D eigenvalue weighted by molar-refractivity contribution is 7.94. The number of hydrogen-bond acceptors (Lipinski definition) is 14. The maximum Gasteiger partial charge on any atom is 0.355 e. The number of carbonyl (C=O) groups excluding carboxylic acids is 9. The highest BCUT2D eigenvalue weighted by Gasteiger charge is 2.81. The smallest absolute Gasteiger partial charge is 0.355 e. The van der Waals surface area contributed by atoms with E-state index in [0.29, 0.717) is 15.4 Å². The van der Waals surface area contributed by atoms with Crippen molar-refractivity contribution in [1.82, 2.24) is 30.7 Å². The summed E-state index contributed by atoms with van der Waals surface area (Å²) in [5, 5.41) is 4.95.